The van der Waals surface area contributed by atoms with Gasteiger partial charge >= 0.3 is 5.69 Å². The van der Waals surface area contributed by atoms with Gasteiger partial charge in [-0.25, -0.2) is 4.79 Å². The highest BCUT2D eigenvalue weighted by Crippen LogP contribution is 2.51. The molecule has 19 heavy (non-hydrogen) atoms. The zero-order chi connectivity index (χ0) is 13.8. The number of aliphatic hydroxyl groups is 2. The predicted molar refractivity (Wildman–Crippen MR) is 64.7 cm³/mol. The zero-order valence-electron chi connectivity index (χ0n) is 10.5. The molecule has 0 radical (unpaired) electrons. The molecule has 1 saturated carbocycles. The van der Waals surface area contributed by atoms with Gasteiger partial charge in [0.15, 0.2) is 0 Å². The van der Waals surface area contributed by atoms with E-state index in [1.165, 1.54) is 10.8 Å². The summed E-state index contributed by atoms with van der Waals surface area (Å²) in [7, 11) is 0. The van der Waals surface area contributed by atoms with Crippen molar-refractivity contribution in [2.45, 2.75) is 37.7 Å². The summed E-state index contributed by atoms with van der Waals surface area (Å²) in [5.41, 5.74) is -1.56. The van der Waals surface area contributed by atoms with Crippen molar-refractivity contribution < 1.29 is 14.9 Å². The number of aryl methyl sites for hydroxylation is 1. The molecule has 3 N–H and O–H groups in total. The number of rotatable bonds is 2. The van der Waals surface area contributed by atoms with Gasteiger partial charge in [0.1, 0.15) is 11.8 Å². The second-order valence-electron chi connectivity index (χ2n) is 5.36. The molecule has 1 saturated heterocycles. The van der Waals surface area contributed by atoms with Crippen molar-refractivity contribution in [1.82, 2.24) is 9.55 Å². The van der Waals surface area contributed by atoms with Crippen LogP contribution in [0.5, 0.6) is 0 Å². The van der Waals surface area contributed by atoms with E-state index in [1.807, 2.05) is 0 Å². The molecule has 2 heterocycles. The van der Waals surface area contributed by atoms with E-state index < -0.39 is 29.2 Å². The van der Waals surface area contributed by atoms with Crippen LogP contribution in [0.3, 0.4) is 0 Å². The number of fused-ring (bicyclic) bond motifs is 2. The molecule has 7 nitrogen and oxygen atoms in total. The summed E-state index contributed by atoms with van der Waals surface area (Å²) in [5.74, 6) is -0.241. The first-order valence-corrected chi connectivity index (χ1v) is 6.27. The van der Waals surface area contributed by atoms with Crippen LogP contribution in [0.25, 0.3) is 0 Å². The van der Waals surface area contributed by atoms with Crippen molar-refractivity contribution in [1.29, 1.82) is 0 Å². The van der Waals surface area contributed by atoms with Crippen molar-refractivity contribution in [2.75, 3.05) is 6.61 Å². The summed E-state index contributed by atoms with van der Waals surface area (Å²) in [6.07, 6.45) is 1.25. The first kappa shape index (κ1) is 12.6. The molecule has 2 fully saturated rings. The molecular weight excluding hydrogens is 252 g/mol. The lowest BCUT2D eigenvalue weighted by Crippen LogP contribution is -2.41. The first-order chi connectivity index (χ1) is 8.98. The quantitative estimate of drug-likeness (QED) is 0.630. The molecule has 7 heteroatoms. The van der Waals surface area contributed by atoms with E-state index in [-0.39, 0.29) is 12.5 Å². The van der Waals surface area contributed by atoms with Crippen molar-refractivity contribution in [3.8, 4) is 0 Å². The molecule has 3 rings (SSSR count). The van der Waals surface area contributed by atoms with Crippen molar-refractivity contribution in [3.63, 3.8) is 0 Å². The average molecular weight is 268 g/mol. The van der Waals surface area contributed by atoms with Gasteiger partial charge in [-0.1, -0.05) is 0 Å². The standard InChI is InChI=1S/C12H16N2O5/c1-6-4-14(11(18)13-9(6)17)10-7-2-3-12(5-15,19-10)8(7)16/h4,7-8,10,15-16H,2-3,5H2,1H3,(H,13,17,18)/t7-,8+,10-,12-/m1/s1. The highest BCUT2D eigenvalue weighted by molar-refractivity contribution is 5.09. The minimum absolute atomic E-state index is 0.241. The highest BCUT2D eigenvalue weighted by Gasteiger charge is 2.59. The third-order valence-electron chi connectivity index (χ3n) is 4.25. The van der Waals surface area contributed by atoms with Crippen LogP contribution in [0.1, 0.15) is 24.6 Å². The van der Waals surface area contributed by atoms with Crippen molar-refractivity contribution in [2.24, 2.45) is 5.92 Å². The van der Waals surface area contributed by atoms with E-state index in [2.05, 4.69) is 4.98 Å². The monoisotopic (exact) mass is 268 g/mol. The van der Waals surface area contributed by atoms with Crippen LogP contribution in [0, 0.1) is 12.8 Å². The van der Waals surface area contributed by atoms with Crippen molar-refractivity contribution >= 4 is 0 Å². The second kappa shape index (κ2) is 4.03. The molecular formula is C12H16N2O5. The first-order valence-electron chi connectivity index (χ1n) is 6.27. The van der Waals surface area contributed by atoms with Crippen LogP contribution in [0.4, 0.5) is 0 Å². The normalized spacial score (nSPS) is 36.9. The summed E-state index contributed by atoms with van der Waals surface area (Å²) in [6.45, 7) is 1.32. The number of nitrogens with zero attached hydrogens (tertiary/aromatic N) is 1. The fourth-order valence-corrected chi connectivity index (χ4v) is 3.11. The summed E-state index contributed by atoms with van der Waals surface area (Å²) >= 11 is 0. The van der Waals surface area contributed by atoms with E-state index in [9.17, 15) is 19.8 Å². The molecule has 4 atom stereocenters. The molecule has 104 valence electrons. The Morgan fingerprint density at radius 1 is 1.58 bits per heavy atom. The van der Waals surface area contributed by atoms with Crippen LogP contribution in [0.15, 0.2) is 15.8 Å². The molecule has 0 unspecified atom stereocenters. The van der Waals surface area contributed by atoms with Gasteiger partial charge in [0.05, 0.1) is 12.7 Å². The van der Waals surface area contributed by atoms with Gasteiger partial charge < -0.3 is 14.9 Å². The van der Waals surface area contributed by atoms with E-state index in [0.29, 0.717) is 18.4 Å². The Morgan fingerprint density at radius 2 is 2.32 bits per heavy atom. The molecule has 0 amide bonds. The summed E-state index contributed by atoms with van der Waals surface area (Å²) in [5, 5.41) is 19.6. The maximum atomic E-state index is 11.8. The molecule has 1 aliphatic heterocycles. The Bertz CT molecular complexity index is 621. The topological polar surface area (TPSA) is 105 Å². The number of aromatic amines is 1. The Morgan fingerprint density at radius 3 is 2.95 bits per heavy atom. The Hall–Kier alpha value is -1.44. The molecule has 0 aromatic carbocycles. The van der Waals surface area contributed by atoms with E-state index in [0.717, 1.165) is 0 Å². The lowest BCUT2D eigenvalue weighted by molar-refractivity contribution is -0.140. The van der Waals surface area contributed by atoms with E-state index in [1.54, 1.807) is 6.92 Å². The number of aromatic nitrogens is 2. The van der Waals surface area contributed by atoms with Gasteiger partial charge in [0.25, 0.3) is 5.56 Å². The summed E-state index contributed by atoms with van der Waals surface area (Å²) in [4.78, 5) is 25.4. The lowest BCUT2D eigenvalue weighted by Gasteiger charge is -2.30. The van der Waals surface area contributed by atoms with Crippen molar-refractivity contribution in [3.05, 3.63) is 32.6 Å². The minimum atomic E-state index is -0.973. The van der Waals surface area contributed by atoms with Crippen LogP contribution in [0.2, 0.25) is 0 Å². The molecule has 1 aromatic rings. The van der Waals surface area contributed by atoms with Crippen LogP contribution < -0.4 is 11.2 Å². The third kappa shape index (κ3) is 1.62. The number of hydrogen-bond acceptors (Lipinski definition) is 5. The second-order valence-corrected chi connectivity index (χ2v) is 5.36. The van der Waals surface area contributed by atoms with E-state index >= 15 is 0 Å². The Labute approximate surface area is 108 Å². The summed E-state index contributed by atoms with van der Waals surface area (Å²) in [6, 6.07) is 0. The summed E-state index contributed by atoms with van der Waals surface area (Å²) < 4.78 is 7.00. The Balaban J connectivity index is 2.04. The minimum Gasteiger partial charge on any atom is -0.393 e. The Kier molecular flexibility index (Phi) is 2.67. The molecule has 1 aromatic heterocycles. The van der Waals surface area contributed by atoms with Crippen LogP contribution in [-0.2, 0) is 4.74 Å². The third-order valence-corrected chi connectivity index (χ3v) is 4.25. The van der Waals surface area contributed by atoms with Gasteiger partial charge in [-0.2, -0.15) is 0 Å². The predicted octanol–water partition coefficient (Wildman–Crippen LogP) is -1.12. The highest BCUT2D eigenvalue weighted by atomic mass is 16.6. The van der Waals surface area contributed by atoms with Gasteiger partial charge in [0, 0.05) is 17.7 Å². The van der Waals surface area contributed by atoms with Gasteiger partial charge in [-0.15, -0.1) is 0 Å². The maximum absolute atomic E-state index is 11.8. The lowest BCUT2D eigenvalue weighted by atomic mass is 10.0. The number of ether oxygens (including phenoxy) is 1. The number of hydrogen-bond donors (Lipinski definition) is 3. The SMILES string of the molecule is Cc1cn([C@@H]2O[C@@]3(CO)CC[C@@H]2[C@@H]3O)c(=O)[nH]c1=O. The molecule has 2 bridgehead atoms. The van der Waals surface area contributed by atoms with Gasteiger partial charge in [-0.3, -0.25) is 14.3 Å². The molecule has 2 aliphatic rings. The fourth-order valence-electron chi connectivity index (χ4n) is 3.11. The molecule has 0 spiro atoms. The van der Waals surface area contributed by atoms with Crippen LogP contribution in [-0.4, -0.2) is 38.1 Å². The van der Waals surface area contributed by atoms with Gasteiger partial charge in [-0.05, 0) is 19.8 Å². The molecule has 1 aliphatic carbocycles. The van der Waals surface area contributed by atoms with E-state index in [4.69, 9.17) is 4.74 Å². The average Bonchev–Trinajstić information content (AvgIpc) is 2.85. The maximum Gasteiger partial charge on any atom is 0.330 e. The van der Waals surface area contributed by atoms with Gasteiger partial charge in [0.2, 0.25) is 0 Å². The number of H-pyrrole nitrogens is 1. The smallest absolute Gasteiger partial charge is 0.330 e. The number of aliphatic hydroxyl groups excluding tert-OH is 2. The van der Waals surface area contributed by atoms with Crippen LogP contribution >= 0.6 is 0 Å². The largest absolute Gasteiger partial charge is 0.393 e. The fraction of sp³-hybridized carbons (Fsp3) is 0.667. The zero-order valence-corrected chi connectivity index (χ0v) is 10.5. The number of nitrogens with one attached hydrogen (secondary N) is 1.